The Labute approximate surface area is 104 Å². The molecule has 2 unspecified atom stereocenters. The fourth-order valence-electron chi connectivity index (χ4n) is 2.42. The Morgan fingerprint density at radius 3 is 2.41 bits per heavy atom. The van der Waals surface area contributed by atoms with Gasteiger partial charge in [0.05, 0.1) is 5.25 Å². The Bertz CT molecular complexity index is 381. The molecule has 1 fully saturated rings. The van der Waals surface area contributed by atoms with E-state index >= 15 is 0 Å². The quantitative estimate of drug-likeness (QED) is 0.827. The number of carbonyl (C=O) groups is 1. The van der Waals surface area contributed by atoms with Gasteiger partial charge in [0.25, 0.3) is 0 Å². The molecule has 1 aliphatic rings. The molecule has 4 nitrogen and oxygen atoms in total. The Balaban J connectivity index is 2.64. The molecule has 0 heterocycles. The summed E-state index contributed by atoms with van der Waals surface area (Å²) in [6.45, 7) is 3.64. The molecule has 0 aromatic heterocycles. The molecule has 5 heteroatoms. The molecule has 1 saturated carbocycles. The number of hydrogen-bond acceptors (Lipinski definition) is 4. The van der Waals surface area contributed by atoms with Crippen LogP contribution in [-0.4, -0.2) is 31.2 Å². The van der Waals surface area contributed by atoms with Crippen molar-refractivity contribution in [1.29, 1.82) is 0 Å². The number of hydrogen-bond donors (Lipinski definition) is 1. The van der Waals surface area contributed by atoms with E-state index in [2.05, 4.69) is 0 Å². The highest BCUT2D eigenvalue weighted by Crippen LogP contribution is 2.30. The molecule has 0 saturated heterocycles. The van der Waals surface area contributed by atoms with E-state index in [1.807, 2.05) is 13.8 Å². The zero-order chi connectivity index (χ0) is 13.3. The second kappa shape index (κ2) is 5.06. The normalized spacial score (nSPS) is 26.8. The first-order chi connectivity index (χ1) is 7.59. The second-order valence-electron chi connectivity index (χ2n) is 5.95. The van der Waals surface area contributed by atoms with Gasteiger partial charge in [0.15, 0.2) is 0 Å². The summed E-state index contributed by atoms with van der Waals surface area (Å²) in [4.78, 5) is 12.0. The van der Waals surface area contributed by atoms with E-state index in [1.165, 1.54) is 6.26 Å². The Morgan fingerprint density at radius 2 is 1.94 bits per heavy atom. The lowest BCUT2D eigenvalue weighted by Crippen LogP contribution is -2.38. The molecule has 0 spiro atoms. The number of ketones is 1. The molecule has 0 aromatic rings. The van der Waals surface area contributed by atoms with Gasteiger partial charge in [-0.25, -0.2) is 8.42 Å². The van der Waals surface area contributed by atoms with Gasteiger partial charge >= 0.3 is 0 Å². The van der Waals surface area contributed by atoms with E-state index < -0.39 is 15.4 Å². The van der Waals surface area contributed by atoms with E-state index in [9.17, 15) is 13.2 Å². The third-order valence-corrected chi connectivity index (χ3v) is 4.96. The Kier molecular flexibility index (Phi) is 4.36. The largest absolute Gasteiger partial charge is 0.325 e. The van der Waals surface area contributed by atoms with Gasteiger partial charge in [-0.05, 0) is 33.1 Å². The molecule has 0 radical (unpaired) electrons. The van der Waals surface area contributed by atoms with E-state index in [-0.39, 0.29) is 17.0 Å². The predicted octanol–water partition coefficient (Wildman–Crippen LogP) is 1.29. The van der Waals surface area contributed by atoms with Crippen molar-refractivity contribution in [3.63, 3.8) is 0 Å². The maximum atomic E-state index is 12.0. The highest BCUT2D eigenvalue weighted by atomic mass is 32.2. The minimum absolute atomic E-state index is 0.117. The zero-order valence-corrected chi connectivity index (χ0v) is 11.7. The maximum absolute atomic E-state index is 12.0. The third kappa shape index (κ3) is 4.76. The average Bonchev–Trinajstić information content (AvgIpc) is 2.14. The molecule has 2 atom stereocenters. The molecule has 17 heavy (non-hydrogen) atoms. The van der Waals surface area contributed by atoms with Crippen molar-refractivity contribution in [3.05, 3.63) is 0 Å². The number of Topliss-reactive ketones (excluding diaryl/α,β-unsaturated/α-hetero) is 1. The first-order valence-electron chi connectivity index (χ1n) is 6.10. The summed E-state index contributed by atoms with van der Waals surface area (Å²) in [6.07, 6.45) is 4.38. The van der Waals surface area contributed by atoms with Crippen LogP contribution in [0.15, 0.2) is 0 Å². The van der Waals surface area contributed by atoms with Gasteiger partial charge in [-0.15, -0.1) is 0 Å². The highest BCUT2D eigenvalue weighted by molar-refractivity contribution is 7.91. The van der Waals surface area contributed by atoms with Crippen molar-refractivity contribution in [2.75, 3.05) is 6.26 Å². The maximum Gasteiger partial charge on any atom is 0.150 e. The molecule has 2 N–H and O–H groups in total. The van der Waals surface area contributed by atoms with Gasteiger partial charge in [-0.2, -0.15) is 0 Å². The van der Waals surface area contributed by atoms with Crippen LogP contribution in [-0.2, 0) is 14.6 Å². The van der Waals surface area contributed by atoms with E-state index in [4.69, 9.17) is 5.73 Å². The molecular formula is C12H23NO3S. The van der Waals surface area contributed by atoms with Crippen LogP contribution >= 0.6 is 0 Å². The molecule has 0 aromatic carbocycles. The number of sulfone groups is 1. The molecule has 0 bridgehead atoms. The standard InChI is InChI=1S/C12H23NO3S/c1-12(2,13)8-11(14)9-5-4-6-10(7-9)17(3,15)16/h9-10H,4-8,13H2,1-3H3. The molecular weight excluding hydrogens is 238 g/mol. The molecule has 100 valence electrons. The minimum Gasteiger partial charge on any atom is -0.325 e. The van der Waals surface area contributed by atoms with Crippen molar-refractivity contribution >= 4 is 15.6 Å². The van der Waals surface area contributed by atoms with Crippen molar-refractivity contribution in [3.8, 4) is 0 Å². The van der Waals surface area contributed by atoms with Crippen molar-refractivity contribution < 1.29 is 13.2 Å². The summed E-state index contributed by atoms with van der Waals surface area (Å²) in [6, 6.07) is 0. The second-order valence-corrected chi connectivity index (χ2v) is 8.27. The predicted molar refractivity (Wildman–Crippen MR) is 68.5 cm³/mol. The Morgan fingerprint density at radius 1 is 1.35 bits per heavy atom. The number of carbonyl (C=O) groups excluding carboxylic acids is 1. The smallest absolute Gasteiger partial charge is 0.150 e. The first kappa shape index (κ1) is 14.6. The lowest BCUT2D eigenvalue weighted by Gasteiger charge is -2.29. The molecule has 1 rings (SSSR count). The van der Waals surface area contributed by atoms with Gasteiger partial charge in [0, 0.05) is 24.1 Å². The molecule has 1 aliphatic carbocycles. The number of nitrogens with two attached hydrogens (primary N) is 1. The zero-order valence-electron chi connectivity index (χ0n) is 10.9. The molecule has 0 amide bonds. The van der Waals surface area contributed by atoms with Crippen LogP contribution in [0.3, 0.4) is 0 Å². The lowest BCUT2D eigenvalue weighted by molar-refractivity contribution is -0.124. The van der Waals surface area contributed by atoms with E-state index in [0.29, 0.717) is 19.3 Å². The van der Waals surface area contributed by atoms with Crippen molar-refractivity contribution in [2.24, 2.45) is 11.7 Å². The van der Waals surface area contributed by atoms with Crippen LogP contribution in [0.4, 0.5) is 0 Å². The van der Waals surface area contributed by atoms with Gasteiger partial charge in [-0.1, -0.05) is 6.42 Å². The van der Waals surface area contributed by atoms with Gasteiger partial charge in [0.1, 0.15) is 15.6 Å². The summed E-state index contributed by atoms with van der Waals surface area (Å²) in [5, 5.41) is -0.342. The summed E-state index contributed by atoms with van der Waals surface area (Å²) in [5.41, 5.74) is 5.32. The SMILES string of the molecule is CC(C)(N)CC(=O)C1CCCC(S(C)(=O)=O)C1. The van der Waals surface area contributed by atoms with E-state index in [0.717, 1.165) is 12.8 Å². The van der Waals surface area contributed by atoms with Crippen LogP contribution in [0, 0.1) is 5.92 Å². The van der Waals surface area contributed by atoms with Gasteiger partial charge < -0.3 is 5.73 Å². The monoisotopic (exact) mass is 261 g/mol. The fourth-order valence-corrected chi connectivity index (χ4v) is 3.60. The molecule has 0 aliphatic heterocycles. The number of rotatable bonds is 4. The third-order valence-electron chi connectivity index (χ3n) is 3.32. The lowest BCUT2D eigenvalue weighted by atomic mass is 9.82. The first-order valence-corrected chi connectivity index (χ1v) is 8.05. The van der Waals surface area contributed by atoms with Gasteiger partial charge in [-0.3, -0.25) is 4.79 Å². The Hall–Kier alpha value is -0.420. The summed E-state index contributed by atoms with van der Waals surface area (Å²) in [7, 11) is -3.02. The van der Waals surface area contributed by atoms with Crippen LogP contribution in [0.1, 0.15) is 46.0 Å². The summed E-state index contributed by atoms with van der Waals surface area (Å²) in [5.74, 6) is -0.00264. The van der Waals surface area contributed by atoms with Crippen molar-refractivity contribution in [1.82, 2.24) is 0 Å². The van der Waals surface area contributed by atoms with Crippen LogP contribution < -0.4 is 5.73 Å². The van der Waals surface area contributed by atoms with Crippen molar-refractivity contribution in [2.45, 2.75) is 56.7 Å². The fraction of sp³-hybridized carbons (Fsp3) is 0.917. The van der Waals surface area contributed by atoms with Crippen LogP contribution in [0.2, 0.25) is 0 Å². The summed E-state index contributed by atoms with van der Waals surface area (Å²) >= 11 is 0. The van der Waals surface area contributed by atoms with Crippen LogP contribution in [0.25, 0.3) is 0 Å². The van der Waals surface area contributed by atoms with Crippen LogP contribution in [0.5, 0.6) is 0 Å². The highest BCUT2D eigenvalue weighted by Gasteiger charge is 2.33. The summed E-state index contributed by atoms with van der Waals surface area (Å²) < 4.78 is 23.0. The topological polar surface area (TPSA) is 77.2 Å². The minimum atomic E-state index is -3.02. The van der Waals surface area contributed by atoms with Gasteiger partial charge in [0.2, 0.25) is 0 Å². The van der Waals surface area contributed by atoms with E-state index in [1.54, 1.807) is 0 Å². The average molecular weight is 261 g/mol.